The highest BCUT2D eigenvalue weighted by molar-refractivity contribution is 6.29. The highest BCUT2D eigenvalue weighted by atomic mass is 16.1. The number of rotatable bonds is 2. The Morgan fingerprint density at radius 3 is 1.55 bits per heavy atom. The molecule has 0 atom stereocenters. The van der Waals surface area contributed by atoms with Crippen LogP contribution < -0.4 is 0 Å². The first-order valence-corrected chi connectivity index (χ1v) is 12.8. The van der Waals surface area contributed by atoms with Crippen molar-refractivity contribution in [3.63, 3.8) is 0 Å². The van der Waals surface area contributed by atoms with Crippen molar-refractivity contribution in [2.45, 2.75) is 19.9 Å². The van der Waals surface area contributed by atoms with Crippen molar-refractivity contribution in [1.82, 2.24) is 19.6 Å². The van der Waals surface area contributed by atoms with Gasteiger partial charge < -0.3 is 0 Å². The van der Waals surface area contributed by atoms with Crippen LogP contribution in [0.1, 0.15) is 51.7 Å². The molecule has 182 valence electrons. The maximum absolute atomic E-state index is 13.5. The predicted molar refractivity (Wildman–Crippen MR) is 148 cm³/mol. The summed E-state index contributed by atoms with van der Waals surface area (Å²) in [6.45, 7) is 4.21. The Morgan fingerprint density at radius 1 is 0.553 bits per heavy atom. The quantitative estimate of drug-likeness (QED) is 0.272. The van der Waals surface area contributed by atoms with Crippen LogP contribution in [-0.4, -0.2) is 31.1 Å². The average molecular weight is 495 g/mol. The summed E-state index contributed by atoms with van der Waals surface area (Å²) >= 11 is 0. The Labute approximate surface area is 218 Å². The second kappa shape index (κ2) is 7.13. The van der Waals surface area contributed by atoms with Crippen molar-refractivity contribution >= 4 is 33.4 Å². The highest BCUT2D eigenvalue weighted by Crippen LogP contribution is 2.47. The van der Waals surface area contributed by atoms with Crippen molar-refractivity contribution in [2.75, 3.05) is 0 Å². The van der Waals surface area contributed by atoms with E-state index in [9.17, 15) is 9.59 Å². The minimum atomic E-state index is 0.0149. The van der Waals surface area contributed by atoms with Crippen LogP contribution in [0.4, 0.5) is 0 Å². The summed E-state index contributed by atoms with van der Waals surface area (Å²) in [5.74, 6) is 0.0336. The molecule has 0 saturated carbocycles. The van der Waals surface area contributed by atoms with E-state index in [1.165, 1.54) is 0 Å². The maximum Gasteiger partial charge on any atom is 0.194 e. The lowest BCUT2D eigenvalue weighted by molar-refractivity contribution is 0.103. The topological polar surface area (TPSA) is 69.8 Å². The number of hydrogen-bond donors (Lipinski definition) is 0. The molecule has 6 nitrogen and oxygen atoms in total. The molecule has 2 aromatic heterocycles. The minimum Gasteiger partial charge on any atom is -0.289 e. The average Bonchev–Trinajstić information content (AvgIpc) is 3.50. The van der Waals surface area contributed by atoms with Crippen LogP contribution in [0, 0.1) is 0 Å². The van der Waals surface area contributed by atoms with Gasteiger partial charge in [-0.1, -0.05) is 60.7 Å². The molecule has 6 heteroatoms. The number of hydrogen-bond acceptors (Lipinski definition) is 4. The molecule has 0 bridgehead atoms. The third-order valence-electron chi connectivity index (χ3n) is 7.96. The van der Waals surface area contributed by atoms with E-state index in [4.69, 9.17) is 10.2 Å². The van der Waals surface area contributed by atoms with E-state index in [-0.39, 0.29) is 17.6 Å². The second-order valence-electron chi connectivity index (χ2n) is 10.4. The lowest BCUT2D eigenvalue weighted by atomic mass is 9.83. The van der Waals surface area contributed by atoms with Gasteiger partial charge in [-0.15, -0.1) is 0 Å². The molecule has 0 spiro atoms. The molecule has 0 amide bonds. The number of aryl methyl sites for hydroxylation is 1. The van der Waals surface area contributed by atoms with Crippen molar-refractivity contribution in [3.8, 4) is 33.6 Å². The predicted octanol–water partition coefficient (Wildman–Crippen LogP) is 6.59. The van der Waals surface area contributed by atoms with Crippen molar-refractivity contribution in [1.29, 1.82) is 0 Å². The van der Waals surface area contributed by atoms with E-state index in [2.05, 4.69) is 13.8 Å². The molecule has 2 heterocycles. The molecule has 38 heavy (non-hydrogen) atoms. The van der Waals surface area contributed by atoms with Gasteiger partial charge in [-0.05, 0) is 26.0 Å². The van der Waals surface area contributed by atoms with Crippen molar-refractivity contribution < 1.29 is 9.59 Å². The van der Waals surface area contributed by atoms with Gasteiger partial charge in [0.05, 0.1) is 11.4 Å². The third kappa shape index (κ3) is 2.47. The van der Waals surface area contributed by atoms with Crippen LogP contribution >= 0.6 is 0 Å². The summed E-state index contributed by atoms with van der Waals surface area (Å²) in [5, 5.41) is 11.8. The summed E-state index contributed by atoms with van der Waals surface area (Å²) < 4.78 is 3.90. The summed E-state index contributed by atoms with van der Waals surface area (Å²) in [4.78, 5) is 27.0. The summed E-state index contributed by atoms with van der Waals surface area (Å²) in [5.41, 5.74) is 9.81. The van der Waals surface area contributed by atoms with E-state index in [1.54, 1.807) is 0 Å². The van der Waals surface area contributed by atoms with Gasteiger partial charge in [0.25, 0.3) is 0 Å². The fraction of sp³-hybridized carbons (Fsp3) is 0.125. The van der Waals surface area contributed by atoms with E-state index >= 15 is 0 Å². The summed E-state index contributed by atoms with van der Waals surface area (Å²) in [7, 11) is 1.92. The summed E-state index contributed by atoms with van der Waals surface area (Å²) in [6.07, 6.45) is 0. The lowest BCUT2D eigenvalue weighted by Crippen LogP contribution is -2.12. The van der Waals surface area contributed by atoms with E-state index in [1.807, 2.05) is 89.2 Å². The SMILES string of the molecule is CC(C)n1nc2c(-c3ccc4c5c(n(C)nc35)-c3ccccc3C4=O)ccc3c2c1-c1ccccc1C3=O. The zero-order chi connectivity index (χ0) is 25.9. The number of benzene rings is 4. The van der Waals surface area contributed by atoms with Crippen LogP contribution in [0.25, 0.3) is 55.4 Å². The largest absolute Gasteiger partial charge is 0.289 e. The van der Waals surface area contributed by atoms with Crippen LogP contribution in [0.2, 0.25) is 0 Å². The van der Waals surface area contributed by atoms with Crippen LogP contribution in [0.5, 0.6) is 0 Å². The van der Waals surface area contributed by atoms with Gasteiger partial charge in [0.1, 0.15) is 11.0 Å². The molecule has 0 saturated heterocycles. The molecule has 2 aliphatic carbocycles. The lowest BCUT2D eigenvalue weighted by Gasteiger charge is -2.19. The Bertz CT molecular complexity index is 2060. The van der Waals surface area contributed by atoms with E-state index in [0.717, 1.165) is 55.4 Å². The Balaban J connectivity index is 1.48. The molecule has 0 aliphatic heterocycles. The fourth-order valence-corrected chi connectivity index (χ4v) is 6.32. The molecule has 0 radical (unpaired) electrons. The number of ketones is 2. The minimum absolute atomic E-state index is 0.0149. The van der Waals surface area contributed by atoms with Gasteiger partial charge >= 0.3 is 0 Å². The molecule has 0 unspecified atom stereocenters. The first-order valence-electron chi connectivity index (χ1n) is 12.8. The van der Waals surface area contributed by atoms with Gasteiger partial charge in [0.15, 0.2) is 11.6 Å². The standard InChI is InChI=1S/C32H22N4O2/c1-16(2)36-30-20-9-5-7-11-22(20)32(38)24-15-13-18(28(34-36)26(24)30)17-12-14-23-25-27(17)33-35(3)29(25)19-8-4-6-10-21(19)31(23)37/h4-16H,1-3H3. The third-order valence-corrected chi connectivity index (χ3v) is 7.96. The molecular weight excluding hydrogens is 472 g/mol. The van der Waals surface area contributed by atoms with Crippen LogP contribution in [0.3, 0.4) is 0 Å². The molecule has 4 aromatic carbocycles. The van der Waals surface area contributed by atoms with Crippen molar-refractivity contribution in [2.24, 2.45) is 7.05 Å². The number of carbonyl (C=O) groups is 2. The second-order valence-corrected chi connectivity index (χ2v) is 10.4. The number of nitrogens with zero attached hydrogens (tertiary/aromatic N) is 4. The number of carbonyl (C=O) groups excluding carboxylic acids is 2. The Morgan fingerprint density at radius 2 is 1.00 bits per heavy atom. The normalized spacial score (nSPS) is 13.5. The van der Waals surface area contributed by atoms with Gasteiger partial charge in [0.2, 0.25) is 0 Å². The number of fused-ring (bicyclic) bond motifs is 4. The van der Waals surface area contributed by atoms with E-state index in [0.29, 0.717) is 22.3 Å². The first-order chi connectivity index (χ1) is 18.5. The molecule has 8 rings (SSSR count). The van der Waals surface area contributed by atoms with Gasteiger partial charge in [-0.3, -0.25) is 19.0 Å². The zero-order valence-corrected chi connectivity index (χ0v) is 21.1. The van der Waals surface area contributed by atoms with Gasteiger partial charge in [0, 0.05) is 68.4 Å². The molecule has 0 fully saturated rings. The molecule has 0 N–H and O–H groups in total. The zero-order valence-electron chi connectivity index (χ0n) is 21.1. The van der Waals surface area contributed by atoms with Gasteiger partial charge in [-0.2, -0.15) is 10.2 Å². The van der Waals surface area contributed by atoms with Gasteiger partial charge in [-0.25, -0.2) is 0 Å². The highest BCUT2D eigenvalue weighted by Gasteiger charge is 2.33. The smallest absolute Gasteiger partial charge is 0.194 e. The van der Waals surface area contributed by atoms with E-state index < -0.39 is 0 Å². The molecule has 2 aliphatic rings. The monoisotopic (exact) mass is 494 g/mol. The van der Waals surface area contributed by atoms with Crippen LogP contribution in [0.15, 0.2) is 72.8 Å². The fourth-order valence-electron chi connectivity index (χ4n) is 6.32. The maximum atomic E-state index is 13.5. The van der Waals surface area contributed by atoms with Crippen LogP contribution in [-0.2, 0) is 7.05 Å². The van der Waals surface area contributed by atoms with Crippen molar-refractivity contribution in [3.05, 3.63) is 95.1 Å². The summed E-state index contributed by atoms with van der Waals surface area (Å²) in [6, 6.07) is 23.4. The Hall–Kier alpha value is -4.84. The Kier molecular flexibility index (Phi) is 3.99. The molecule has 6 aromatic rings. The first kappa shape index (κ1) is 21.3. The number of aromatic nitrogens is 4. The molecular formula is C32H22N4O2.